The van der Waals surface area contributed by atoms with Gasteiger partial charge in [-0.3, -0.25) is 0 Å². The molecule has 0 aromatic carbocycles. The molecule has 68 valence electrons. The minimum Gasteiger partial charge on any atom is -0.389 e. The molecular formula is C10H17NO. The normalized spacial score (nSPS) is 15.8. The van der Waals surface area contributed by atoms with Gasteiger partial charge in [0.05, 0.1) is 6.10 Å². The zero-order valence-electron chi connectivity index (χ0n) is 7.91. The van der Waals surface area contributed by atoms with Crippen molar-refractivity contribution in [2.75, 3.05) is 7.05 Å². The van der Waals surface area contributed by atoms with Gasteiger partial charge in [0.1, 0.15) is 0 Å². The molecule has 0 aliphatic rings. The predicted octanol–water partition coefficient (Wildman–Crippen LogP) is 1.60. The Labute approximate surface area is 74.3 Å². The molecule has 0 saturated carbocycles. The Morgan fingerprint density at radius 3 is 2.42 bits per heavy atom. The van der Waals surface area contributed by atoms with E-state index in [1.165, 1.54) is 0 Å². The summed E-state index contributed by atoms with van der Waals surface area (Å²) in [4.78, 5) is 0. The third-order valence-electron chi connectivity index (χ3n) is 1.43. The van der Waals surface area contributed by atoms with Gasteiger partial charge < -0.3 is 10.4 Å². The van der Waals surface area contributed by atoms with Crippen molar-refractivity contribution in [3.05, 3.63) is 36.1 Å². The largest absolute Gasteiger partial charge is 0.389 e. The lowest BCUT2D eigenvalue weighted by Gasteiger charge is -2.07. The van der Waals surface area contributed by atoms with Gasteiger partial charge in [-0.15, -0.1) is 0 Å². The highest BCUT2D eigenvalue weighted by atomic mass is 16.3. The Bertz CT molecular complexity index is 190. The van der Waals surface area contributed by atoms with Crippen LogP contribution in [0.1, 0.15) is 13.8 Å². The van der Waals surface area contributed by atoms with Crippen LogP contribution in [0.4, 0.5) is 0 Å². The molecule has 0 saturated heterocycles. The Balaban J connectivity index is 4.11. The van der Waals surface area contributed by atoms with Gasteiger partial charge in [0.15, 0.2) is 0 Å². The maximum Gasteiger partial charge on any atom is 0.0906 e. The van der Waals surface area contributed by atoms with Gasteiger partial charge in [-0.05, 0) is 19.9 Å². The lowest BCUT2D eigenvalue weighted by Crippen LogP contribution is -2.17. The van der Waals surface area contributed by atoms with Crippen molar-refractivity contribution in [3.8, 4) is 0 Å². The minimum absolute atomic E-state index is 0.440. The van der Waals surface area contributed by atoms with E-state index in [1.807, 2.05) is 37.3 Å². The van der Waals surface area contributed by atoms with Crippen LogP contribution in [0.3, 0.4) is 0 Å². The molecule has 0 fully saturated rings. The van der Waals surface area contributed by atoms with Crippen LogP contribution in [0.25, 0.3) is 0 Å². The number of hydrogen-bond donors (Lipinski definition) is 2. The molecule has 12 heavy (non-hydrogen) atoms. The van der Waals surface area contributed by atoms with E-state index >= 15 is 0 Å². The van der Waals surface area contributed by atoms with Gasteiger partial charge in [0.25, 0.3) is 0 Å². The maximum absolute atomic E-state index is 9.19. The Morgan fingerprint density at radius 2 is 2.00 bits per heavy atom. The zero-order valence-corrected chi connectivity index (χ0v) is 7.91. The van der Waals surface area contributed by atoms with Crippen LogP contribution in [0.15, 0.2) is 36.1 Å². The highest BCUT2D eigenvalue weighted by Crippen LogP contribution is 1.96. The van der Waals surface area contributed by atoms with Crippen molar-refractivity contribution in [1.29, 1.82) is 0 Å². The van der Waals surface area contributed by atoms with E-state index in [0.717, 1.165) is 5.70 Å². The molecule has 0 aromatic heterocycles. The molecule has 0 spiro atoms. The predicted molar refractivity (Wildman–Crippen MR) is 52.8 cm³/mol. The quantitative estimate of drug-likeness (QED) is 0.623. The summed E-state index contributed by atoms with van der Waals surface area (Å²) in [6.45, 7) is 3.69. The first-order valence-corrected chi connectivity index (χ1v) is 4.07. The van der Waals surface area contributed by atoms with Gasteiger partial charge in [0.2, 0.25) is 0 Å². The lowest BCUT2D eigenvalue weighted by molar-refractivity contribution is 0.224. The molecule has 2 nitrogen and oxygen atoms in total. The third kappa shape index (κ3) is 4.74. The third-order valence-corrected chi connectivity index (χ3v) is 1.43. The monoisotopic (exact) mass is 167 g/mol. The number of rotatable bonds is 4. The van der Waals surface area contributed by atoms with E-state index in [2.05, 4.69) is 5.32 Å². The summed E-state index contributed by atoms with van der Waals surface area (Å²) in [6, 6.07) is 0. The van der Waals surface area contributed by atoms with Crippen molar-refractivity contribution in [1.82, 2.24) is 5.32 Å². The van der Waals surface area contributed by atoms with E-state index in [-0.39, 0.29) is 0 Å². The first kappa shape index (κ1) is 11.0. The summed E-state index contributed by atoms with van der Waals surface area (Å²) in [5, 5.41) is 12.1. The first-order valence-electron chi connectivity index (χ1n) is 4.07. The van der Waals surface area contributed by atoms with Crippen molar-refractivity contribution in [3.63, 3.8) is 0 Å². The summed E-state index contributed by atoms with van der Waals surface area (Å²) in [7, 11) is 1.79. The van der Waals surface area contributed by atoms with Crippen LogP contribution in [0.2, 0.25) is 0 Å². The standard InChI is InChI=1S/C10H17NO/c1-4-5-6-7-8-10(11-3)9(2)12/h4-9,11-12H,1-3H3/b5-4-,7-6+,10-8-/t9-/m1/s1. The smallest absolute Gasteiger partial charge is 0.0906 e. The van der Waals surface area contributed by atoms with Crippen LogP contribution in [-0.2, 0) is 0 Å². The minimum atomic E-state index is -0.440. The average Bonchev–Trinajstić information content (AvgIpc) is 2.04. The molecule has 1 atom stereocenters. The van der Waals surface area contributed by atoms with E-state index in [0.29, 0.717) is 0 Å². The summed E-state index contributed by atoms with van der Waals surface area (Å²) in [5.41, 5.74) is 0.816. The van der Waals surface area contributed by atoms with E-state index in [4.69, 9.17) is 0 Å². The SMILES string of the molecule is C\C=C/C=C/C=C(\NC)[C@@H](C)O. The van der Waals surface area contributed by atoms with Gasteiger partial charge >= 0.3 is 0 Å². The maximum atomic E-state index is 9.19. The van der Waals surface area contributed by atoms with Crippen LogP contribution >= 0.6 is 0 Å². The van der Waals surface area contributed by atoms with Crippen molar-refractivity contribution >= 4 is 0 Å². The van der Waals surface area contributed by atoms with Crippen molar-refractivity contribution < 1.29 is 5.11 Å². The molecule has 0 bridgehead atoms. The van der Waals surface area contributed by atoms with Gasteiger partial charge in [-0.1, -0.05) is 24.3 Å². The number of hydrogen-bond acceptors (Lipinski definition) is 2. The lowest BCUT2D eigenvalue weighted by atomic mass is 10.2. The van der Waals surface area contributed by atoms with E-state index in [1.54, 1.807) is 14.0 Å². The fourth-order valence-electron chi connectivity index (χ4n) is 0.766. The summed E-state index contributed by atoms with van der Waals surface area (Å²) >= 11 is 0. The fourth-order valence-corrected chi connectivity index (χ4v) is 0.766. The molecule has 0 heterocycles. The van der Waals surface area contributed by atoms with Crippen LogP contribution in [0, 0.1) is 0 Å². The Hall–Kier alpha value is -1.02. The topological polar surface area (TPSA) is 32.3 Å². The van der Waals surface area contributed by atoms with Gasteiger partial charge in [-0.2, -0.15) is 0 Å². The number of allylic oxidation sites excluding steroid dienone is 5. The van der Waals surface area contributed by atoms with Crippen molar-refractivity contribution in [2.45, 2.75) is 20.0 Å². The number of likely N-dealkylation sites (N-methyl/N-ethyl adjacent to an activating group) is 1. The second-order valence-corrected chi connectivity index (χ2v) is 2.46. The summed E-state index contributed by atoms with van der Waals surface area (Å²) in [6.07, 6.45) is 9.10. The number of aliphatic hydroxyl groups excluding tert-OH is 1. The molecule has 0 aliphatic heterocycles. The van der Waals surface area contributed by atoms with Gasteiger partial charge in [-0.25, -0.2) is 0 Å². The molecule has 0 unspecified atom stereocenters. The molecular weight excluding hydrogens is 150 g/mol. The fraction of sp³-hybridized carbons (Fsp3) is 0.400. The van der Waals surface area contributed by atoms with Crippen LogP contribution in [-0.4, -0.2) is 18.3 Å². The first-order chi connectivity index (χ1) is 5.72. The highest BCUT2D eigenvalue weighted by molar-refractivity contribution is 5.17. The second kappa shape index (κ2) is 6.68. The van der Waals surface area contributed by atoms with E-state index < -0.39 is 6.10 Å². The van der Waals surface area contributed by atoms with Crippen LogP contribution < -0.4 is 5.32 Å². The Kier molecular flexibility index (Phi) is 6.11. The molecule has 0 radical (unpaired) electrons. The molecule has 0 rings (SSSR count). The number of aliphatic hydroxyl groups is 1. The summed E-state index contributed by atoms with van der Waals surface area (Å²) in [5.74, 6) is 0. The van der Waals surface area contributed by atoms with Gasteiger partial charge in [0, 0.05) is 12.7 Å². The van der Waals surface area contributed by atoms with Crippen LogP contribution in [0.5, 0.6) is 0 Å². The zero-order chi connectivity index (χ0) is 9.40. The van der Waals surface area contributed by atoms with Crippen molar-refractivity contribution in [2.24, 2.45) is 0 Å². The molecule has 2 heteroatoms. The molecule has 2 N–H and O–H groups in total. The van der Waals surface area contributed by atoms with E-state index in [9.17, 15) is 5.11 Å². The highest BCUT2D eigenvalue weighted by Gasteiger charge is 1.98. The molecule has 0 aliphatic carbocycles. The number of nitrogens with one attached hydrogen (secondary N) is 1. The average molecular weight is 167 g/mol. The summed E-state index contributed by atoms with van der Waals surface area (Å²) < 4.78 is 0. The second-order valence-electron chi connectivity index (χ2n) is 2.46. The Morgan fingerprint density at radius 1 is 1.33 bits per heavy atom. The molecule has 0 amide bonds. The molecule has 0 aromatic rings.